The Morgan fingerprint density at radius 3 is 2.92 bits per heavy atom. The Balaban J connectivity index is 2.63. The number of likely N-dealkylation sites (tertiary alicyclic amines) is 1. The third kappa shape index (κ3) is 2.02. The van der Waals surface area contributed by atoms with Crippen LogP contribution in [0.5, 0.6) is 0 Å². The molecule has 0 radical (unpaired) electrons. The second kappa shape index (κ2) is 4.29. The number of hydrogen-bond acceptors (Lipinski definition) is 4. The maximum atomic E-state index is 9.00. The molecule has 0 saturated carbocycles. The maximum Gasteiger partial charge on any atom is 0.233 e. The van der Waals surface area contributed by atoms with Crippen LogP contribution in [-0.4, -0.2) is 53.6 Å². The van der Waals surface area contributed by atoms with Crippen molar-refractivity contribution in [1.29, 1.82) is 0 Å². The van der Waals surface area contributed by atoms with E-state index >= 15 is 0 Å². The molecule has 6 heteroatoms. The molecule has 2 unspecified atom stereocenters. The Labute approximate surface area is 76.6 Å². The first-order valence-electron chi connectivity index (χ1n) is 4.10. The largest absolute Gasteiger partial charge is 0.408 e. The van der Waals surface area contributed by atoms with Crippen LogP contribution in [0.25, 0.3) is 0 Å². The molecule has 1 aliphatic rings. The summed E-state index contributed by atoms with van der Waals surface area (Å²) < 4.78 is 5.12. The Morgan fingerprint density at radius 1 is 1.77 bits per heavy atom. The molecule has 6 nitrogen and oxygen atoms in total. The maximum absolute atomic E-state index is 9.00. The smallest absolute Gasteiger partial charge is 0.233 e. The van der Waals surface area contributed by atoms with Gasteiger partial charge in [0.1, 0.15) is 0 Å². The van der Waals surface area contributed by atoms with Crippen molar-refractivity contribution in [1.82, 2.24) is 4.90 Å². The van der Waals surface area contributed by atoms with Crippen LogP contribution in [0, 0.1) is 0 Å². The third-order valence-electron chi connectivity index (χ3n) is 2.32. The van der Waals surface area contributed by atoms with Crippen molar-refractivity contribution in [2.45, 2.75) is 18.6 Å². The van der Waals surface area contributed by atoms with Gasteiger partial charge in [0.05, 0.1) is 18.8 Å². The molecular formula is C7H15N3O3. The molecular weight excluding hydrogens is 174 g/mol. The molecule has 1 saturated heterocycles. The Morgan fingerprint density at radius 2 is 2.46 bits per heavy atom. The number of methoxy groups -OCH3 is 1. The topological polar surface area (TPSA) is 91.3 Å². The predicted molar refractivity (Wildman–Crippen MR) is 46.4 cm³/mol. The lowest BCUT2D eigenvalue weighted by atomic mass is 10.2. The van der Waals surface area contributed by atoms with Crippen LogP contribution >= 0.6 is 0 Å². The number of nitrogens with zero attached hydrogens (tertiary/aromatic N) is 2. The number of oxime groups is 1. The number of nitrogens with two attached hydrogens (primary N) is 1. The Bertz CT molecular complexity index is 197. The molecule has 1 fully saturated rings. The van der Waals surface area contributed by atoms with Gasteiger partial charge in [0, 0.05) is 13.7 Å². The molecule has 1 rings (SSSR count). The summed E-state index contributed by atoms with van der Waals surface area (Å²) in [5, 5.41) is 20.4. The highest BCUT2D eigenvalue weighted by Gasteiger charge is 2.32. The van der Waals surface area contributed by atoms with E-state index < -0.39 is 0 Å². The highest BCUT2D eigenvalue weighted by molar-refractivity contribution is 5.78. The van der Waals surface area contributed by atoms with E-state index in [0.29, 0.717) is 13.0 Å². The van der Waals surface area contributed by atoms with E-state index in [9.17, 15) is 0 Å². The highest BCUT2D eigenvalue weighted by atomic mass is 16.5. The molecule has 76 valence electrons. The van der Waals surface area contributed by atoms with E-state index in [1.165, 1.54) is 0 Å². The summed E-state index contributed by atoms with van der Waals surface area (Å²) in [4.78, 5) is 1.63. The Kier molecular flexibility index (Phi) is 3.32. The van der Waals surface area contributed by atoms with Crippen molar-refractivity contribution in [2.24, 2.45) is 10.9 Å². The second-order valence-electron chi connectivity index (χ2n) is 3.04. The number of hydrogen-bond donors (Lipinski definition) is 3. The lowest BCUT2D eigenvalue weighted by Gasteiger charge is -2.21. The van der Waals surface area contributed by atoms with Gasteiger partial charge in [-0.25, -0.2) is 0 Å². The normalized spacial score (nSPS) is 29.7. The average Bonchev–Trinajstić information content (AvgIpc) is 2.59. The lowest BCUT2D eigenvalue weighted by molar-refractivity contribution is 0.112. The van der Waals surface area contributed by atoms with E-state index in [0.717, 1.165) is 0 Å². The van der Waals surface area contributed by atoms with Crippen molar-refractivity contribution >= 4 is 5.96 Å². The zero-order valence-corrected chi connectivity index (χ0v) is 7.55. The first kappa shape index (κ1) is 10.1. The zero-order chi connectivity index (χ0) is 9.84. The van der Waals surface area contributed by atoms with Gasteiger partial charge in [-0.1, -0.05) is 5.16 Å². The van der Waals surface area contributed by atoms with Crippen LogP contribution in [0.4, 0.5) is 0 Å². The average molecular weight is 189 g/mol. The number of aliphatic hydroxyl groups is 1. The Hall–Kier alpha value is -1.01. The molecule has 0 aromatic heterocycles. The lowest BCUT2D eigenvalue weighted by Crippen LogP contribution is -2.42. The van der Waals surface area contributed by atoms with Crippen LogP contribution in [0.3, 0.4) is 0 Å². The molecule has 1 aliphatic heterocycles. The second-order valence-corrected chi connectivity index (χ2v) is 3.04. The summed E-state index contributed by atoms with van der Waals surface area (Å²) in [5.41, 5.74) is 5.42. The summed E-state index contributed by atoms with van der Waals surface area (Å²) in [7, 11) is 1.61. The number of rotatable bonds is 2. The van der Waals surface area contributed by atoms with Gasteiger partial charge in [-0.3, -0.25) is 0 Å². The molecule has 0 bridgehead atoms. The minimum atomic E-state index is -0.110. The van der Waals surface area contributed by atoms with Crippen molar-refractivity contribution in [2.75, 3.05) is 20.3 Å². The van der Waals surface area contributed by atoms with Crippen LogP contribution in [-0.2, 0) is 4.74 Å². The van der Waals surface area contributed by atoms with Crippen LogP contribution in [0.1, 0.15) is 6.42 Å². The quantitative estimate of drug-likeness (QED) is 0.219. The van der Waals surface area contributed by atoms with Gasteiger partial charge in [0.15, 0.2) is 0 Å². The fraction of sp³-hybridized carbons (Fsp3) is 0.857. The van der Waals surface area contributed by atoms with Crippen LogP contribution in [0.2, 0.25) is 0 Å². The molecule has 1 heterocycles. The van der Waals surface area contributed by atoms with Gasteiger partial charge in [-0.2, -0.15) is 0 Å². The molecule has 0 amide bonds. The van der Waals surface area contributed by atoms with Crippen molar-refractivity contribution < 1.29 is 15.1 Å². The molecule has 0 aromatic carbocycles. The van der Waals surface area contributed by atoms with Crippen LogP contribution in [0.15, 0.2) is 5.16 Å². The minimum absolute atomic E-state index is 0.0178. The van der Waals surface area contributed by atoms with E-state index in [2.05, 4.69) is 5.16 Å². The molecule has 4 N–H and O–H groups in total. The van der Waals surface area contributed by atoms with Crippen molar-refractivity contribution in [3.63, 3.8) is 0 Å². The third-order valence-corrected chi connectivity index (χ3v) is 2.32. The fourth-order valence-corrected chi connectivity index (χ4v) is 1.56. The monoisotopic (exact) mass is 189 g/mol. The van der Waals surface area contributed by atoms with Gasteiger partial charge in [-0.05, 0) is 6.42 Å². The summed E-state index contributed by atoms with van der Waals surface area (Å²) in [6.07, 6.45) is 0.737. The standard InChI is InChI=1S/C7H15N3O3/c1-13-6-2-5(4-11)10(3-6)7(8)9-12/h5-6,11-12H,2-4H2,1H3,(H2,8,9). The minimum Gasteiger partial charge on any atom is -0.408 e. The summed E-state index contributed by atoms with van der Waals surface area (Å²) >= 11 is 0. The zero-order valence-electron chi connectivity index (χ0n) is 7.55. The van der Waals surface area contributed by atoms with Crippen molar-refractivity contribution in [3.05, 3.63) is 0 Å². The molecule has 0 spiro atoms. The first-order valence-corrected chi connectivity index (χ1v) is 4.10. The van der Waals surface area contributed by atoms with Crippen molar-refractivity contribution in [3.8, 4) is 0 Å². The first-order chi connectivity index (χ1) is 6.22. The molecule has 0 aliphatic carbocycles. The predicted octanol–water partition coefficient (Wildman–Crippen LogP) is -1.23. The number of guanidine groups is 1. The van der Waals surface area contributed by atoms with E-state index in [1.807, 2.05) is 0 Å². The van der Waals surface area contributed by atoms with Gasteiger partial charge in [0.2, 0.25) is 5.96 Å². The van der Waals surface area contributed by atoms with E-state index in [1.54, 1.807) is 12.0 Å². The molecule has 0 aromatic rings. The molecule has 13 heavy (non-hydrogen) atoms. The van der Waals surface area contributed by atoms with Gasteiger partial charge >= 0.3 is 0 Å². The number of aliphatic hydroxyl groups excluding tert-OH is 1. The SMILES string of the molecule is COC1CC(CO)N(/C(N)=N/O)C1. The number of ether oxygens (including phenoxy) is 1. The van der Waals surface area contributed by atoms with Gasteiger partial charge in [0.25, 0.3) is 0 Å². The highest BCUT2D eigenvalue weighted by Crippen LogP contribution is 2.18. The summed E-state index contributed by atoms with van der Waals surface area (Å²) in [5.74, 6) is 0.0265. The van der Waals surface area contributed by atoms with Crippen LogP contribution < -0.4 is 5.73 Å². The van der Waals surface area contributed by atoms with Gasteiger partial charge in [-0.15, -0.1) is 0 Å². The fourth-order valence-electron chi connectivity index (χ4n) is 1.56. The van der Waals surface area contributed by atoms with E-state index in [-0.39, 0.29) is 24.7 Å². The molecule has 2 atom stereocenters. The summed E-state index contributed by atoms with van der Waals surface area (Å²) in [6, 6.07) is -0.110. The summed E-state index contributed by atoms with van der Waals surface area (Å²) in [6.45, 7) is 0.535. The van der Waals surface area contributed by atoms with E-state index in [4.69, 9.17) is 20.8 Å². The van der Waals surface area contributed by atoms with Gasteiger partial charge < -0.3 is 25.7 Å².